The minimum absolute atomic E-state index is 0.286. The van der Waals surface area contributed by atoms with Gasteiger partial charge in [0.2, 0.25) is 0 Å². The van der Waals surface area contributed by atoms with Crippen molar-refractivity contribution >= 4 is 11.9 Å². The summed E-state index contributed by atoms with van der Waals surface area (Å²) >= 11 is 0. The van der Waals surface area contributed by atoms with Crippen LogP contribution in [0.3, 0.4) is 0 Å². The van der Waals surface area contributed by atoms with Crippen molar-refractivity contribution in [2.75, 3.05) is 26.4 Å². The number of hydrogen-bond acceptors (Lipinski definition) is 7. The Labute approximate surface area is 181 Å². The van der Waals surface area contributed by atoms with E-state index in [9.17, 15) is 9.59 Å². The zero-order chi connectivity index (χ0) is 22.3. The van der Waals surface area contributed by atoms with Crippen LogP contribution in [0, 0.1) is 0 Å². The second kappa shape index (κ2) is 13.5. The molecule has 0 heterocycles. The van der Waals surface area contributed by atoms with E-state index < -0.39 is 11.9 Å². The molecular formula is C24H26O7. The van der Waals surface area contributed by atoms with Gasteiger partial charge < -0.3 is 23.7 Å². The smallest absolute Gasteiger partial charge is 0.330 e. The van der Waals surface area contributed by atoms with Gasteiger partial charge in [0.05, 0.1) is 26.4 Å². The molecule has 0 saturated heterocycles. The van der Waals surface area contributed by atoms with Gasteiger partial charge in [-0.05, 0) is 48.5 Å². The molecule has 0 aliphatic rings. The molecule has 164 valence electrons. The van der Waals surface area contributed by atoms with Crippen molar-refractivity contribution in [3.8, 4) is 23.0 Å². The van der Waals surface area contributed by atoms with Crippen LogP contribution in [-0.2, 0) is 19.1 Å². The quantitative estimate of drug-likeness (QED) is 0.250. The molecule has 0 fully saturated rings. The van der Waals surface area contributed by atoms with Crippen molar-refractivity contribution < 1.29 is 33.3 Å². The zero-order valence-corrected chi connectivity index (χ0v) is 17.3. The molecule has 0 aliphatic heterocycles. The van der Waals surface area contributed by atoms with Gasteiger partial charge in [0, 0.05) is 25.0 Å². The Hall–Kier alpha value is -3.74. The fourth-order valence-electron chi connectivity index (χ4n) is 2.31. The van der Waals surface area contributed by atoms with E-state index in [1.165, 1.54) is 0 Å². The van der Waals surface area contributed by atoms with Crippen LogP contribution >= 0.6 is 0 Å². The molecule has 0 saturated carbocycles. The standard InChI is InChI=1S/C24H26O7/c1-3-23(25)29-17-5-15-27-19-7-11-21(12-8-19)31-22-13-9-20(10-14-22)28-16-6-18-30-24(26)4-2/h3-4,7-14H,1-2,5-6,15-18H2. The molecule has 2 aromatic rings. The number of esters is 2. The zero-order valence-electron chi connectivity index (χ0n) is 17.3. The Morgan fingerprint density at radius 2 is 0.968 bits per heavy atom. The van der Waals surface area contributed by atoms with Crippen molar-refractivity contribution in [1.82, 2.24) is 0 Å². The largest absolute Gasteiger partial charge is 0.493 e. The molecule has 0 atom stereocenters. The predicted molar refractivity (Wildman–Crippen MR) is 115 cm³/mol. The molecular weight excluding hydrogens is 400 g/mol. The van der Waals surface area contributed by atoms with Crippen LogP contribution in [0.25, 0.3) is 0 Å². The Bertz CT molecular complexity index is 770. The first-order valence-corrected chi connectivity index (χ1v) is 9.82. The van der Waals surface area contributed by atoms with Crippen LogP contribution in [0.2, 0.25) is 0 Å². The van der Waals surface area contributed by atoms with E-state index in [4.69, 9.17) is 23.7 Å². The number of hydrogen-bond donors (Lipinski definition) is 0. The Morgan fingerprint density at radius 1 is 0.613 bits per heavy atom. The monoisotopic (exact) mass is 426 g/mol. The maximum atomic E-state index is 10.9. The first kappa shape index (κ1) is 23.5. The van der Waals surface area contributed by atoms with Crippen molar-refractivity contribution in [1.29, 1.82) is 0 Å². The molecule has 0 aromatic heterocycles. The third kappa shape index (κ3) is 9.54. The van der Waals surface area contributed by atoms with Crippen molar-refractivity contribution in [3.05, 3.63) is 73.8 Å². The van der Waals surface area contributed by atoms with Crippen molar-refractivity contribution in [3.63, 3.8) is 0 Å². The van der Waals surface area contributed by atoms with E-state index in [-0.39, 0.29) is 13.2 Å². The summed E-state index contributed by atoms with van der Waals surface area (Å²) < 4.78 is 26.8. The maximum Gasteiger partial charge on any atom is 0.330 e. The third-order valence-electron chi connectivity index (χ3n) is 3.82. The van der Waals surface area contributed by atoms with E-state index in [0.29, 0.717) is 49.1 Å². The molecule has 2 rings (SSSR count). The van der Waals surface area contributed by atoms with E-state index in [0.717, 1.165) is 12.2 Å². The molecule has 0 bridgehead atoms. The van der Waals surface area contributed by atoms with Gasteiger partial charge in [-0.1, -0.05) is 13.2 Å². The Kier molecular flexibility index (Phi) is 10.2. The number of rotatable bonds is 14. The van der Waals surface area contributed by atoms with Gasteiger partial charge in [-0.15, -0.1) is 0 Å². The molecule has 31 heavy (non-hydrogen) atoms. The normalized spacial score (nSPS) is 9.94. The van der Waals surface area contributed by atoms with Gasteiger partial charge >= 0.3 is 11.9 Å². The highest BCUT2D eigenvalue weighted by Gasteiger charge is 2.02. The molecule has 0 N–H and O–H groups in total. The molecule has 7 heteroatoms. The fraction of sp³-hybridized carbons (Fsp3) is 0.250. The minimum Gasteiger partial charge on any atom is -0.493 e. The lowest BCUT2D eigenvalue weighted by Crippen LogP contribution is -2.06. The molecule has 0 unspecified atom stereocenters. The average Bonchev–Trinajstić information content (AvgIpc) is 2.80. The second-order valence-corrected chi connectivity index (χ2v) is 6.19. The maximum absolute atomic E-state index is 10.9. The van der Waals surface area contributed by atoms with Gasteiger partial charge in [-0.25, -0.2) is 9.59 Å². The summed E-state index contributed by atoms with van der Waals surface area (Å²) in [6.45, 7) is 8.11. The van der Waals surface area contributed by atoms with Gasteiger partial charge in [0.25, 0.3) is 0 Å². The molecule has 0 radical (unpaired) electrons. The van der Waals surface area contributed by atoms with Crippen LogP contribution in [0.15, 0.2) is 73.8 Å². The molecule has 2 aromatic carbocycles. The van der Waals surface area contributed by atoms with Gasteiger partial charge in [0.1, 0.15) is 23.0 Å². The minimum atomic E-state index is -0.437. The molecule has 0 aliphatic carbocycles. The summed E-state index contributed by atoms with van der Waals surface area (Å²) in [5, 5.41) is 0. The van der Waals surface area contributed by atoms with Crippen LogP contribution < -0.4 is 14.2 Å². The summed E-state index contributed by atoms with van der Waals surface area (Å²) in [7, 11) is 0. The Balaban J connectivity index is 1.68. The van der Waals surface area contributed by atoms with Gasteiger partial charge in [-0.3, -0.25) is 0 Å². The second-order valence-electron chi connectivity index (χ2n) is 6.19. The lowest BCUT2D eigenvalue weighted by molar-refractivity contribution is -0.138. The summed E-state index contributed by atoms with van der Waals surface area (Å²) in [6.07, 6.45) is 3.44. The lowest BCUT2D eigenvalue weighted by atomic mass is 10.3. The number of carbonyl (C=O) groups excluding carboxylic acids is 2. The predicted octanol–water partition coefficient (Wildman–Crippen LogP) is 4.48. The summed E-state index contributed by atoms with van der Waals surface area (Å²) in [6, 6.07) is 14.5. The molecule has 0 spiro atoms. The molecule has 0 amide bonds. The first-order chi connectivity index (χ1) is 15.1. The highest BCUT2D eigenvalue weighted by Crippen LogP contribution is 2.25. The van der Waals surface area contributed by atoms with Crippen molar-refractivity contribution in [2.45, 2.75) is 12.8 Å². The van der Waals surface area contributed by atoms with Crippen LogP contribution in [0.1, 0.15) is 12.8 Å². The van der Waals surface area contributed by atoms with Crippen LogP contribution in [0.5, 0.6) is 23.0 Å². The number of ether oxygens (including phenoxy) is 5. The fourth-order valence-corrected chi connectivity index (χ4v) is 2.31. The van der Waals surface area contributed by atoms with E-state index in [1.54, 1.807) is 0 Å². The number of benzene rings is 2. The van der Waals surface area contributed by atoms with E-state index in [2.05, 4.69) is 13.2 Å². The van der Waals surface area contributed by atoms with Crippen LogP contribution in [0.4, 0.5) is 0 Å². The highest BCUT2D eigenvalue weighted by molar-refractivity contribution is 5.81. The average molecular weight is 426 g/mol. The SMILES string of the molecule is C=CC(=O)OCCCOc1ccc(Oc2ccc(OCCCOC(=O)C=C)cc2)cc1. The van der Waals surface area contributed by atoms with Crippen LogP contribution in [-0.4, -0.2) is 38.4 Å². The first-order valence-electron chi connectivity index (χ1n) is 9.82. The van der Waals surface area contributed by atoms with Gasteiger partial charge in [0.15, 0.2) is 0 Å². The topological polar surface area (TPSA) is 80.3 Å². The van der Waals surface area contributed by atoms with Crippen molar-refractivity contribution in [2.24, 2.45) is 0 Å². The molecule has 7 nitrogen and oxygen atoms in total. The summed E-state index contributed by atoms with van der Waals surface area (Å²) in [5.41, 5.74) is 0. The lowest BCUT2D eigenvalue weighted by Gasteiger charge is -2.10. The Morgan fingerprint density at radius 3 is 1.32 bits per heavy atom. The summed E-state index contributed by atoms with van der Waals surface area (Å²) in [4.78, 5) is 21.9. The summed E-state index contributed by atoms with van der Waals surface area (Å²) in [5.74, 6) is 1.87. The number of carbonyl (C=O) groups is 2. The van der Waals surface area contributed by atoms with E-state index in [1.807, 2.05) is 48.5 Å². The van der Waals surface area contributed by atoms with Gasteiger partial charge in [-0.2, -0.15) is 0 Å². The highest BCUT2D eigenvalue weighted by atomic mass is 16.5. The van der Waals surface area contributed by atoms with E-state index >= 15 is 0 Å². The third-order valence-corrected chi connectivity index (χ3v) is 3.82.